The summed E-state index contributed by atoms with van der Waals surface area (Å²) in [5.41, 5.74) is 6.06. The lowest BCUT2D eigenvalue weighted by molar-refractivity contribution is 0.0706. The van der Waals surface area contributed by atoms with Crippen LogP contribution in [0.1, 0.15) is 36.3 Å². The van der Waals surface area contributed by atoms with Crippen LogP contribution in [0.3, 0.4) is 0 Å². The maximum atomic E-state index is 11.4. The predicted octanol–water partition coefficient (Wildman–Crippen LogP) is 4.38. The summed E-state index contributed by atoms with van der Waals surface area (Å²) in [6, 6.07) is 14.3. The first kappa shape index (κ1) is 20.9. The number of hydroxylamine groups is 1. The van der Waals surface area contributed by atoms with Crippen LogP contribution in [0.2, 0.25) is 0 Å². The van der Waals surface area contributed by atoms with Gasteiger partial charge in [0.25, 0.3) is 5.91 Å². The molecule has 1 amide bonds. The Kier molecular flexibility index (Phi) is 6.71. The second-order valence-corrected chi connectivity index (χ2v) is 6.59. The number of rotatable bonds is 4. The molecule has 0 radical (unpaired) electrons. The number of benzene rings is 1. The summed E-state index contributed by atoms with van der Waals surface area (Å²) in [5, 5.41) is 11.8. The molecule has 8 nitrogen and oxygen atoms in total. The van der Waals surface area contributed by atoms with E-state index in [1.165, 1.54) is 6.42 Å². The molecule has 0 aliphatic heterocycles. The molecule has 0 atom stereocenters. The third-order valence-electron chi connectivity index (χ3n) is 4.11. The number of hydrogen-bond acceptors (Lipinski definition) is 6. The van der Waals surface area contributed by atoms with Crippen molar-refractivity contribution in [3.8, 4) is 11.4 Å². The number of pyridine rings is 1. The average Bonchev–Trinajstić information content (AvgIpc) is 3.10. The van der Waals surface area contributed by atoms with E-state index < -0.39 is 5.91 Å². The fourth-order valence-corrected chi connectivity index (χ4v) is 2.87. The molecular weight excluding hydrogens is 380 g/mol. The Labute approximate surface area is 174 Å². The highest BCUT2D eigenvalue weighted by atomic mass is 16.5. The van der Waals surface area contributed by atoms with Crippen molar-refractivity contribution in [2.24, 2.45) is 0 Å². The van der Waals surface area contributed by atoms with Gasteiger partial charge in [-0.2, -0.15) is 0 Å². The maximum Gasteiger partial charge on any atom is 0.274 e. The average molecular weight is 404 g/mol. The minimum Gasteiger partial charge on any atom is -0.324 e. The van der Waals surface area contributed by atoms with Crippen LogP contribution in [0.5, 0.6) is 0 Å². The zero-order valence-corrected chi connectivity index (χ0v) is 17.1. The van der Waals surface area contributed by atoms with E-state index in [0.29, 0.717) is 11.5 Å². The summed E-state index contributed by atoms with van der Waals surface area (Å²) in [4.78, 5) is 24.8. The van der Waals surface area contributed by atoms with Crippen molar-refractivity contribution in [2.45, 2.75) is 27.2 Å². The van der Waals surface area contributed by atoms with Gasteiger partial charge in [0.05, 0.1) is 17.1 Å². The van der Waals surface area contributed by atoms with Crippen LogP contribution in [0, 0.1) is 6.92 Å². The maximum absolute atomic E-state index is 11.4. The zero-order chi connectivity index (χ0) is 21.5. The van der Waals surface area contributed by atoms with E-state index in [1.54, 1.807) is 35.9 Å². The normalized spacial score (nSPS) is 10.3. The van der Waals surface area contributed by atoms with Gasteiger partial charge in [-0.25, -0.2) is 20.4 Å². The predicted molar refractivity (Wildman–Crippen MR) is 116 cm³/mol. The number of nitrogens with one attached hydrogen (secondary N) is 2. The molecule has 4 aromatic rings. The monoisotopic (exact) mass is 404 g/mol. The third-order valence-corrected chi connectivity index (χ3v) is 4.11. The number of anilines is 2. The lowest BCUT2D eigenvalue weighted by atomic mass is 10.2. The molecule has 0 aliphatic rings. The van der Waals surface area contributed by atoms with Crippen molar-refractivity contribution in [3.63, 3.8) is 0 Å². The number of carbonyl (C=O) groups excluding carboxylic acids is 1. The molecule has 0 bridgehead atoms. The second-order valence-electron chi connectivity index (χ2n) is 6.59. The van der Waals surface area contributed by atoms with E-state index in [4.69, 9.17) is 5.21 Å². The number of carbonyl (C=O) groups is 1. The van der Waals surface area contributed by atoms with Gasteiger partial charge >= 0.3 is 0 Å². The lowest BCUT2D eigenvalue weighted by Gasteiger charge is -2.08. The Hall–Kier alpha value is -3.78. The highest BCUT2D eigenvalue weighted by Gasteiger charge is 2.13. The minimum absolute atomic E-state index is 0.346. The molecule has 8 heteroatoms. The van der Waals surface area contributed by atoms with Crippen molar-refractivity contribution in [1.82, 2.24) is 24.8 Å². The van der Waals surface area contributed by atoms with E-state index in [0.717, 1.165) is 28.4 Å². The Morgan fingerprint density at radius 3 is 2.50 bits per heavy atom. The van der Waals surface area contributed by atoms with Crippen LogP contribution in [-0.4, -0.2) is 30.5 Å². The van der Waals surface area contributed by atoms with Crippen molar-refractivity contribution in [1.29, 1.82) is 0 Å². The van der Waals surface area contributed by atoms with Gasteiger partial charge in [0.15, 0.2) is 0 Å². The van der Waals surface area contributed by atoms with Crippen molar-refractivity contribution in [2.75, 3.05) is 5.32 Å². The summed E-state index contributed by atoms with van der Waals surface area (Å²) in [5.74, 6) is -0.139. The smallest absolute Gasteiger partial charge is 0.274 e. The van der Waals surface area contributed by atoms with Gasteiger partial charge in [-0.05, 0) is 49.4 Å². The fraction of sp³-hybridized carbons (Fsp3) is 0.182. The molecule has 0 spiro atoms. The molecule has 1 aromatic carbocycles. The Morgan fingerprint density at radius 2 is 1.80 bits per heavy atom. The topological polar surface area (TPSA) is 104 Å². The van der Waals surface area contributed by atoms with Crippen LogP contribution in [0.15, 0.2) is 60.9 Å². The molecule has 0 fully saturated rings. The Morgan fingerprint density at radius 1 is 1.07 bits per heavy atom. The van der Waals surface area contributed by atoms with Crippen LogP contribution in [0.25, 0.3) is 17.0 Å². The third kappa shape index (κ3) is 4.61. The van der Waals surface area contributed by atoms with Gasteiger partial charge < -0.3 is 5.32 Å². The van der Waals surface area contributed by atoms with Crippen molar-refractivity contribution >= 4 is 23.2 Å². The first-order valence-electron chi connectivity index (χ1n) is 9.66. The fourth-order valence-electron chi connectivity index (χ4n) is 2.87. The number of nitrogens with zero attached hydrogens (tertiary/aromatic N) is 4. The van der Waals surface area contributed by atoms with Crippen molar-refractivity contribution in [3.05, 3.63) is 72.2 Å². The van der Waals surface area contributed by atoms with Gasteiger partial charge in [0.1, 0.15) is 5.65 Å². The van der Waals surface area contributed by atoms with E-state index in [1.807, 2.05) is 41.8 Å². The lowest BCUT2D eigenvalue weighted by Crippen LogP contribution is -2.18. The largest absolute Gasteiger partial charge is 0.324 e. The molecule has 3 aromatic heterocycles. The Bertz CT molecular complexity index is 1140. The summed E-state index contributed by atoms with van der Waals surface area (Å²) in [6.45, 7) is 6.20. The van der Waals surface area contributed by atoms with Crippen molar-refractivity contribution < 1.29 is 10.0 Å². The van der Waals surface area contributed by atoms with E-state index in [-0.39, 0.29) is 0 Å². The number of aryl methyl sites for hydroxylation is 1. The molecule has 4 rings (SSSR count). The van der Waals surface area contributed by atoms with Crippen LogP contribution < -0.4 is 10.8 Å². The molecule has 0 saturated carbocycles. The number of imidazole rings is 1. The van der Waals surface area contributed by atoms with Crippen LogP contribution in [-0.2, 0) is 0 Å². The zero-order valence-electron chi connectivity index (χ0n) is 17.1. The number of amides is 1. The van der Waals surface area contributed by atoms with Gasteiger partial charge in [-0.15, -0.1) is 0 Å². The number of aromatic nitrogens is 4. The van der Waals surface area contributed by atoms with Gasteiger partial charge in [0.2, 0.25) is 5.95 Å². The highest BCUT2D eigenvalue weighted by Crippen LogP contribution is 2.24. The molecule has 0 saturated heterocycles. The summed E-state index contributed by atoms with van der Waals surface area (Å²) in [6.07, 6.45) is 4.88. The molecular formula is C22H24N6O2. The van der Waals surface area contributed by atoms with Gasteiger partial charge in [0, 0.05) is 23.6 Å². The SMILES string of the molecule is CCC.Cc1nc2ccccn2c1-c1ccnc(Nc2ccc(C(=O)NO)cc2)n1. The molecule has 30 heavy (non-hydrogen) atoms. The Balaban J connectivity index is 0.000000806. The quantitative estimate of drug-likeness (QED) is 0.344. The molecule has 0 unspecified atom stereocenters. The van der Waals surface area contributed by atoms with E-state index in [9.17, 15) is 4.79 Å². The summed E-state index contributed by atoms with van der Waals surface area (Å²) < 4.78 is 1.99. The molecule has 3 heterocycles. The molecule has 0 aliphatic carbocycles. The summed E-state index contributed by atoms with van der Waals surface area (Å²) >= 11 is 0. The van der Waals surface area contributed by atoms with E-state index in [2.05, 4.69) is 34.1 Å². The second kappa shape index (κ2) is 9.62. The first-order chi connectivity index (χ1) is 14.6. The van der Waals surface area contributed by atoms with Crippen LogP contribution >= 0.6 is 0 Å². The van der Waals surface area contributed by atoms with Gasteiger partial charge in [-0.1, -0.05) is 26.3 Å². The minimum atomic E-state index is -0.567. The number of fused-ring (bicyclic) bond motifs is 1. The number of hydrogen-bond donors (Lipinski definition) is 3. The van der Waals surface area contributed by atoms with Gasteiger partial charge in [-0.3, -0.25) is 14.4 Å². The summed E-state index contributed by atoms with van der Waals surface area (Å²) in [7, 11) is 0. The van der Waals surface area contributed by atoms with Crippen LogP contribution in [0.4, 0.5) is 11.6 Å². The molecule has 3 N–H and O–H groups in total. The first-order valence-corrected chi connectivity index (χ1v) is 9.66. The highest BCUT2D eigenvalue weighted by molar-refractivity contribution is 5.93. The van der Waals surface area contributed by atoms with E-state index >= 15 is 0 Å². The molecule has 154 valence electrons. The standard InChI is InChI=1S/C19H16N6O2.C3H8/c1-12-17(25-11-3-2-4-16(25)21-12)15-9-10-20-19(23-15)22-14-7-5-13(6-8-14)18(26)24-27;1-3-2/h2-11,27H,1H3,(H,24,26)(H,20,22,23);3H2,1-2H3.